The molecule has 0 fully saturated rings. The standard InChI is InChI=1S/C25H40N4O3/c1-18(2)16-23(25(31)32-19(3)4)28(6)24(30)12-10-8-7-9-11-15-29-20(5)27-21-17-26-14-13-22(21)29/h13-14,17-19,23H,7-12,15-16H2,1-6H3/t23-/m0/s1. The van der Waals surface area contributed by atoms with Crippen molar-refractivity contribution in [2.75, 3.05) is 7.05 Å². The number of hydrogen-bond donors (Lipinski definition) is 0. The summed E-state index contributed by atoms with van der Waals surface area (Å²) in [7, 11) is 1.73. The first-order valence-electron chi connectivity index (χ1n) is 11.9. The van der Waals surface area contributed by atoms with E-state index in [1.807, 2.05) is 33.0 Å². The third-order valence-electron chi connectivity index (χ3n) is 5.69. The lowest BCUT2D eigenvalue weighted by molar-refractivity contribution is -0.158. The van der Waals surface area contributed by atoms with Crippen LogP contribution in [0.5, 0.6) is 0 Å². The van der Waals surface area contributed by atoms with Crippen LogP contribution in [-0.2, 0) is 20.9 Å². The molecule has 0 aromatic carbocycles. The third kappa shape index (κ3) is 7.61. The second-order valence-corrected chi connectivity index (χ2v) is 9.33. The Kier molecular flexibility index (Phi) is 10.1. The van der Waals surface area contributed by atoms with Gasteiger partial charge in [0.1, 0.15) is 17.4 Å². The molecule has 0 bridgehead atoms. The van der Waals surface area contributed by atoms with Gasteiger partial charge >= 0.3 is 5.97 Å². The molecule has 1 atom stereocenters. The molecule has 0 radical (unpaired) electrons. The van der Waals surface area contributed by atoms with Crippen molar-refractivity contribution in [3.63, 3.8) is 0 Å². The lowest BCUT2D eigenvalue weighted by Crippen LogP contribution is -2.44. The maximum atomic E-state index is 12.7. The van der Waals surface area contributed by atoms with Gasteiger partial charge in [0.05, 0.1) is 17.8 Å². The van der Waals surface area contributed by atoms with Crippen molar-refractivity contribution in [2.45, 2.75) is 98.3 Å². The van der Waals surface area contributed by atoms with Gasteiger partial charge < -0.3 is 14.2 Å². The molecule has 178 valence electrons. The fraction of sp³-hybridized carbons (Fsp3) is 0.680. The average molecular weight is 445 g/mol. The minimum Gasteiger partial charge on any atom is -0.461 e. The highest BCUT2D eigenvalue weighted by Gasteiger charge is 2.29. The number of imidazole rings is 1. The molecule has 0 N–H and O–H groups in total. The van der Waals surface area contributed by atoms with Gasteiger partial charge in [-0.3, -0.25) is 9.78 Å². The van der Waals surface area contributed by atoms with Crippen molar-refractivity contribution >= 4 is 22.9 Å². The maximum Gasteiger partial charge on any atom is 0.329 e. The van der Waals surface area contributed by atoms with Gasteiger partial charge in [-0.05, 0) is 52.0 Å². The first-order valence-corrected chi connectivity index (χ1v) is 11.9. The van der Waals surface area contributed by atoms with Gasteiger partial charge in [0, 0.05) is 26.2 Å². The van der Waals surface area contributed by atoms with E-state index in [2.05, 4.69) is 28.4 Å². The van der Waals surface area contributed by atoms with Crippen LogP contribution >= 0.6 is 0 Å². The van der Waals surface area contributed by atoms with Gasteiger partial charge in [0.15, 0.2) is 0 Å². The Hall–Kier alpha value is -2.44. The van der Waals surface area contributed by atoms with E-state index in [4.69, 9.17) is 4.74 Å². The van der Waals surface area contributed by atoms with E-state index in [-0.39, 0.29) is 18.0 Å². The van der Waals surface area contributed by atoms with E-state index in [1.165, 1.54) is 0 Å². The van der Waals surface area contributed by atoms with Gasteiger partial charge in [-0.2, -0.15) is 0 Å². The fourth-order valence-corrected chi connectivity index (χ4v) is 3.98. The number of ether oxygens (including phenoxy) is 1. The van der Waals surface area contributed by atoms with Crippen molar-refractivity contribution in [2.24, 2.45) is 5.92 Å². The zero-order valence-corrected chi connectivity index (χ0v) is 20.6. The van der Waals surface area contributed by atoms with Gasteiger partial charge in [0.2, 0.25) is 5.91 Å². The molecule has 2 aromatic heterocycles. The Bertz CT molecular complexity index is 875. The zero-order chi connectivity index (χ0) is 23.7. The Morgan fingerprint density at radius 1 is 1.09 bits per heavy atom. The number of nitrogens with zero attached hydrogens (tertiary/aromatic N) is 4. The number of hydrogen-bond acceptors (Lipinski definition) is 5. The number of aromatic nitrogens is 3. The molecule has 0 spiro atoms. The average Bonchev–Trinajstić information content (AvgIpc) is 3.05. The summed E-state index contributed by atoms with van der Waals surface area (Å²) in [6, 6.07) is 1.51. The largest absolute Gasteiger partial charge is 0.461 e. The quantitative estimate of drug-likeness (QED) is 0.324. The molecule has 0 saturated heterocycles. The number of amides is 1. The zero-order valence-electron chi connectivity index (χ0n) is 20.6. The fourth-order valence-electron chi connectivity index (χ4n) is 3.98. The summed E-state index contributed by atoms with van der Waals surface area (Å²) in [5, 5.41) is 0. The Morgan fingerprint density at radius 3 is 2.47 bits per heavy atom. The molecule has 7 nitrogen and oxygen atoms in total. The van der Waals surface area contributed by atoms with Gasteiger partial charge in [-0.15, -0.1) is 0 Å². The van der Waals surface area contributed by atoms with Crippen molar-refractivity contribution < 1.29 is 14.3 Å². The van der Waals surface area contributed by atoms with Crippen LogP contribution in [0.4, 0.5) is 0 Å². The monoisotopic (exact) mass is 444 g/mol. The Labute approximate surface area is 192 Å². The maximum absolute atomic E-state index is 12.7. The first-order chi connectivity index (χ1) is 15.2. The first kappa shape index (κ1) is 25.8. The third-order valence-corrected chi connectivity index (χ3v) is 5.69. The Morgan fingerprint density at radius 2 is 1.78 bits per heavy atom. The molecular weight excluding hydrogens is 404 g/mol. The number of fused-ring (bicyclic) bond motifs is 1. The molecule has 0 unspecified atom stereocenters. The number of carbonyl (C=O) groups excluding carboxylic acids is 2. The van der Waals surface area contributed by atoms with Crippen LogP contribution in [-0.4, -0.2) is 50.5 Å². The van der Waals surface area contributed by atoms with E-state index in [0.717, 1.165) is 55.5 Å². The number of unbranched alkanes of at least 4 members (excludes halogenated alkanes) is 4. The predicted octanol–water partition coefficient (Wildman–Crippen LogP) is 4.91. The summed E-state index contributed by atoms with van der Waals surface area (Å²) in [6.45, 7) is 10.8. The van der Waals surface area contributed by atoms with Gasteiger partial charge in [-0.25, -0.2) is 9.78 Å². The number of likely N-dealkylation sites (N-methyl/N-ethyl adjacent to an activating group) is 1. The second kappa shape index (κ2) is 12.6. The van der Waals surface area contributed by atoms with Crippen LogP contribution < -0.4 is 0 Å². The van der Waals surface area contributed by atoms with E-state index in [1.54, 1.807) is 18.1 Å². The highest BCUT2D eigenvalue weighted by molar-refractivity contribution is 5.84. The summed E-state index contributed by atoms with van der Waals surface area (Å²) in [4.78, 5) is 35.4. The van der Waals surface area contributed by atoms with Crippen LogP contribution in [0.1, 0.15) is 78.5 Å². The molecule has 0 aliphatic rings. The molecule has 1 amide bonds. The summed E-state index contributed by atoms with van der Waals surface area (Å²) in [6.07, 6.45) is 9.67. The summed E-state index contributed by atoms with van der Waals surface area (Å²) in [5.74, 6) is 1.05. The van der Waals surface area contributed by atoms with Crippen LogP contribution in [0.25, 0.3) is 11.0 Å². The van der Waals surface area contributed by atoms with Crippen molar-refractivity contribution in [3.05, 3.63) is 24.3 Å². The van der Waals surface area contributed by atoms with Gasteiger partial charge in [-0.1, -0.05) is 33.1 Å². The van der Waals surface area contributed by atoms with E-state index in [9.17, 15) is 9.59 Å². The highest BCUT2D eigenvalue weighted by atomic mass is 16.5. The number of pyridine rings is 1. The van der Waals surface area contributed by atoms with Crippen LogP contribution in [0.2, 0.25) is 0 Å². The Balaban J connectivity index is 1.71. The normalized spacial score (nSPS) is 12.5. The molecule has 0 saturated carbocycles. The van der Waals surface area contributed by atoms with Gasteiger partial charge in [0.25, 0.3) is 0 Å². The summed E-state index contributed by atoms with van der Waals surface area (Å²) < 4.78 is 7.63. The molecule has 32 heavy (non-hydrogen) atoms. The molecule has 7 heteroatoms. The number of rotatable bonds is 13. The topological polar surface area (TPSA) is 77.3 Å². The second-order valence-electron chi connectivity index (χ2n) is 9.33. The minimum absolute atomic E-state index is 0.0190. The number of aryl methyl sites for hydroxylation is 2. The molecule has 2 rings (SSSR count). The molecule has 0 aliphatic heterocycles. The van der Waals surface area contributed by atoms with Crippen molar-refractivity contribution in [3.8, 4) is 0 Å². The highest BCUT2D eigenvalue weighted by Crippen LogP contribution is 2.17. The summed E-state index contributed by atoms with van der Waals surface area (Å²) in [5.41, 5.74) is 2.08. The molecule has 2 heterocycles. The molecular formula is C25H40N4O3. The van der Waals surface area contributed by atoms with E-state index < -0.39 is 6.04 Å². The van der Waals surface area contributed by atoms with E-state index >= 15 is 0 Å². The molecule has 2 aromatic rings. The SMILES string of the molecule is Cc1nc2cnccc2n1CCCCCCCC(=O)N(C)[C@@H](CC(C)C)C(=O)OC(C)C. The summed E-state index contributed by atoms with van der Waals surface area (Å²) >= 11 is 0. The van der Waals surface area contributed by atoms with Crippen molar-refractivity contribution in [1.29, 1.82) is 0 Å². The number of carbonyl (C=O) groups is 2. The number of esters is 1. The van der Waals surface area contributed by atoms with E-state index in [0.29, 0.717) is 18.8 Å². The van der Waals surface area contributed by atoms with Crippen LogP contribution in [0, 0.1) is 12.8 Å². The lowest BCUT2D eigenvalue weighted by atomic mass is 10.0. The smallest absolute Gasteiger partial charge is 0.329 e. The lowest BCUT2D eigenvalue weighted by Gasteiger charge is -2.28. The van der Waals surface area contributed by atoms with Crippen LogP contribution in [0.3, 0.4) is 0 Å². The van der Waals surface area contributed by atoms with Crippen LogP contribution in [0.15, 0.2) is 18.5 Å². The van der Waals surface area contributed by atoms with Crippen molar-refractivity contribution in [1.82, 2.24) is 19.4 Å². The minimum atomic E-state index is -0.506. The molecule has 0 aliphatic carbocycles. The predicted molar refractivity (Wildman–Crippen MR) is 127 cm³/mol.